The Kier molecular flexibility index (Phi) is 16.4. The molecule has 0 aliphatic carbocycles. The summed E-state index contributed by atoms with van der Waals surface area (Å²) in [6, 6.07) is 9.70. The fourth-order valence-electron chi connectivity index (χ4n) is 4.15. The van der Waals surface area contributed by atoms with Gasteiger partial charge >= 0.3 is 8.80 Å². The van der Waals surface area contributed by atoms with Crippen LogP contribution in [-0.2, 0) is 19.7 Å². The topological polar surface area (TPSA) is 99.9 Å². The molecular weight excluding hydrogens is 492 g/mol. The van der Waals surface area contributed by atoms with Crippen molar-refractivity contribution in [1.29, 1.82) is 0 Å². The highest BCUT2D eigenvalue weighted by Gasteiger charge is 2.39. The maximum atomic E-state index is 5.92. The molecule has 1 aliphatic heterocycles. The van der Waals surface area contributed by atoms with E-state index in [1.807, 2.05) is 20.8 Å². The SMILES string of the molecule is CCO[Si](CCCNC(=S)Nc1ccc(C[C@H]2CNCCNCCNCCN2)cc1)(OCC)OCC. The molecule has 0 radical (unpaired) electrons. The van der Waals surface area contributed by atoms with Crippen molar-refractivity contribution in [3.8, 4) is 0 Å². The molecule has 36 heavy (non-hydrogen) atoms. The monoisotopic (exact) mass is 540 g/mol. The molecular formula is C25H48N6O3SSi. The summed E-state index contributed by atoms with van der Waals surface area (Å²) in [5.74, 6) is 0. The van der Waals surface area contributed by atoms with Crippen LogP contribution in [0.15, 0.2) is 24.3 Å². The Morgan fingerprint density at radius 3 is 2.08 bits per heavy atom. The highest BCUT2D eigenvalue weighted by molar-refractivity contribution is 7.80. The lowest BCUT2D eigenvalue weighted by molar-refractivity contribution is 0.0709. The van der Waals surface area contributed by atoms with Crippen LogP contribution in [0.1, 0.15) is 32.8 Å². The Balaban J connectivity index is 1.75. The van der Waals surface area contributed by atoms with E-state index in [1.54, 1.807) is 0 Å². The molecule has 2 rings (SSSR count). The summed E-state index contributed by atoms with van der Waals surface area (Å²) in [5.41, 5.74) is 2.29. The van der Waals surface area contributed by atoms with Crippen LogP contribution < -0.4 is 31.9 Å². The quantitative estimate of drug-likeness (QED) is 0.126. The Hall–Kier alpha value is -1.15. The van der Waals surface area contributed by atoms with Gasteiger partial charge in [0.05, 0.1) is 0 Å². The van der Waals surface area contributed by atoms with Crippen LogP contribution in [0.4, 0.5) is 5.69 Å². The zero-order valence-corrected chi connectivity index (χ0v) is 24.2. The molecule has 1 aliphatic rings. The van der Waals surface area contributed by atoms with Gasteiger partial charge in [-0.25, -0.2) is 0 Å². The van der Waals surface area contributed by atoms with Crippen LogP contribution in [-0.4, -0.2) is 92.1 Å². The zero-order valence-electron chi connectivity index (χ0n) is 22.4. The van der Waals surface area contributed by atoms with E-state index >= 15 is 0 Å². The van der Waals surface area contributed by atoms with Crippen molar-refractivity contribution >= 4 is 31.8 Å². The average molecular weight is 541 g/mol. The van der Waals surface area contributed by atoms with Crippen molar-refractivity contribution in [1.82, 2.24) is 26.6 Å². The average Bonchev–Trinajstić information content (AvgIpc) is 2.85. The van der Waals surface area contributed by atoms with E-state index in [9.17, 15) is 0 Å². The first kappa shape index (κ1) is 31.1. The number of thiocarbonyl (C=S) groups is 1. The van der Waals surface area contributed by atoms with Crippen molar-refractivity contribution in [2.75, 3.05) is 77.5 Å². The molecule has 1 aromatic rings. The highest BCUT2D eigenvalue weighted by Crippen LogP contribution is 2.18. The van der Waals surface area contributed by atoms with E-state index in [1.165, 1.54) is 5.56 Å². The molecule has 11 heteroatoms. The Bertz CT molecular complexity index is 687. The summed E-state index contributed by atoms with van der Waals surface area (Å²) < 4.78 is 17.8. The molecule has 0 bridgehead atoms. The van der Waals surface area contributed by atoms with Crippen LogP contribution >= 0.6 is 12.2 Å². The van der Waals surface area contributed by atoms with E-state index in [4.69, 9.17) is 25.5 Å². The first-order chi connectivity index (χ1) is 17.6. The summed E-state index contributed by atoms with van der Waals surface area (Å²) in [7, 11) is -2.60. The second kappa shape index (κ2) is 19.0. The zero-order chi connectivity index (χ0) is 25.9. The number of nitrogens with one attached hydrogen (secondary N) is 6. The minimum atomic E-state index is -2.60. The standard InChI is InChI=1S/C25H48N6O3SSi/c1-4-32-36(33-5-2,34-6-3)19-7-12-30-25(35)31-23-10-8-22(9-11-23)20-24-21-28-16-15-26-13-14-27-17-18-29-24/h8-11,24,26-29H,4-7,12-21H2,1-3H3,(H2,30,31,35)/t24-/m0/s1. The molecule has 1 atom stereocenters. The van der Waals surface area contributed by atoms with Crippen LogP contribution in [0, 0.1) is 0 Å². The van der Waals surface area contributed by atoms with Gasteiger partial charge in [-0.15, -0.1) is 0 Å². The van der Waals surface area contributed by atoms with E-state index < -0.39 is 8.80 Å². The molecule has 0 saturated carbocycles. The molecule has 0 spiro atoms. The summed E-state index contributed by atoms with van der Waals surface area (Å²) in [6.07, 6.45) is 1.84. The molecule has 1 aromatic carbocycles. The van der Waals surface area contributed by atoms with Crippen LogP contribution in [0.2, 0.25) is 6.04 Å². The molecule has 1 fully saturated rings. The Morgan fingerprint density at radius 2 is 1.47 bits per heavy atom. The molecule has 0 unspecified atom stereocenters. The lowest BCUT2D eigenvalue weighted by atomic mass is 10.1. The first-order valence-corrected chi connectivity index (χ1v) is 15.9. The summed E-state index contributed by atoms with van der Waals surface area (Å²) in [5, 5.41) is 21.3. The van der Waals surface area contributed by atoms with Crippen LogP contribution in [0.5, 0.6) is 0 Å². The maximum Gasteiger partial charge on any atom is 0.500 e. The molecule has 6 N–H and O–H groups in total. The second-order valence-corrected chi connectivity index (χ2v) is 11.9. The molecule has 206 valence electrons. The molecule has 1 heterocycles. The lowest BCUT2D eigenvalue weighted by Gasteiger charge is -2.28. The Morgan fingerprint density at radius 1 is 0.889 bits per heavy atom. The van der Waals surface area contributed by atoms with E-state index in [0.717, 1.165) is 76.9 Å². The third-order valence-corrected chi connectivity index (χ3v) is 9.21. The van der Waals surface area contributed by atoms with E-state index in [2.05, 4.69) is 56.2 Å². The summed E-state index contributed by atoms with van der Waals surface area (Å²) >= 11 is 5.50. The van der Waals surface area contributed by atoms with Gasteiger partial charge in [-0.1, -0.05) is 12.1 Å². The van der Waals surface area contributed by atoms with Gasteiger partial charge in [0.1, 0.15) is 0 Å². The van der Waals surface area contributed by atoms with Gasteiger partial charge in [-0.3, -0.25) is 0 Å². The summed E-state index contributed by atoms with van der Waals surface area (Å²) in [6.45, 7) is 15.4. The Labute approximate surface area is 224 Å². The normalized spacial score (nSPS) is 18.1. The number of benzene rings is 1. The van der Waals surface area contributed by atoms with Crippen molar-refractivity contribution in [3.05, 3.63) is 29.8 Å². The second-order valence-electron chi connectivity index (χ2n) is 8.72. The fraction of sp³-hybridized carbons (Fsp3) is 0.720. The minimum Gasteiger partial charge on any atom is -0.374 e. The first-order valence-electron chi connectivity index (χ1n) is 13.5. The number of anilines is 1. The molecule has 9 nitrogen and oxygen atoms in total. The van der Waals surface area contributed by atoms with Gasteiger partial charge in [-0.05, 0) is 63.5 Å². The smallest absolute Gasteiger partial charge is 0.374 e. The fourth-order valence-corrected chi connectivity index (χ4v) is 6.99. The predicted octanol–water partition coefficient (Wildman–Crippen LogP) is 1.69. The number of rotatable bonds is 13. The molecule has 0 amide bonds. The van der Waals surface area contributed by atoms with Gasteiger partial charge in [0, 0.05) is 90.0 Å². The lowest BCUT2D eigenvalue weighted by Crippen LogP contribution is -2.46. The molecule has 1 saturated heterocycles. The van der Waals surface area contributed by atoms with Crippen molar-refractivity contribution in [2.45, 2.75) is 45.7 Å². The number of hydrogen-bond donors (Lipinski definition) is 6. The maximum absolute atomic E-state index is 5.92. The predicted molar refractivity (Wildman–Crippen MR) is 155 cm³/mol. The highest BCUT2D eigenvalue weighted by atomic mass is 32.1. The van der Waals surface area contributed by atoms with Crippen LogP contribution in [0.3, 0.4) is 0 Å². The van der Waals surface area contributed by atoms with Crippen molar-refractivity contribution in [2.24, 2.45) is 0 Å². The van der Waals surface area contributed by atoms with Crippen molar-refractivity contribution < 1.29 is 13.3 Å². The van der Waals surface area contributed by atoms with Crippen molar-refractivity contribution in [3.63, 3.8) is 0 Å². The largest absolute Gasteiger partial charge is 0.500 e. The van der Waals surface area contributed by atoms with Gasteiger partial charge in [0.2, 0.25) is 0 Å². The third-order valence-electron chi connectivity index (χ3n) is 5.81. The van der Waals surface area contributed by atoms with Gasteiger partial charge in [-0.2, -0.15) is 0 Å². The third kappa shape index (κ3) is 12.9. The summed E-state index contributed by atoms with van der Waals surface area (Å²) in [4.78, 5) is 0. The minimum absolute atomic E-state index is 0.397. The van der Waals surface area contributed by atoms with Crippen LogP contribution in [0.25, 0.3) is 0 Å². The number of hydrogen-bond acceptors (Lipinski definition) is 8. The van der Waals surface area contributed by atoms with Gasteiger partial charge in [0.25, 0.3) is 0 Å². The van der Waals surface area contributed by atoms with E-state index in [-0.39, 0.29) is 0 Å². The van der Waals surface area contributed by atoms with Gasteiger partial charge in [0.15, 0.2) is 5.11 Å². The molecule has 0 aromatic heterocycles. The van der Waals surface area contributed by atoms with E-state index in [0.29, 0.717) is 31.0 Å². The van der Waals surface area contributed by atoms with Gasteiger partial charge < -0.3 is 45.2 Å².